The number of hydrogen-bond acceptors (Lipinski definition) is 4. The number of hydrogen-bond donors (Lipinski definition) is 4. The van der Waals surface area contributed by atoms with Gasteiger partial charge < -0.3 is 21.7 Å². The highest BCUT2D eigenvalue weighted by molar-refractivity contribution is 5.58. The smallest absolute Gasteiger partial charge is 0.125 e. The fourth-order valence-corrected chi connectivity index (χ4v) is 2.75. The van der Waals surface area contributed by atoms with Gasteiger partial charge in [-0.25, -0.2) is 0 Å². The average Bonchev–Trinajstić information content (AvgIpc) is 2.27. The molecule has 4 nitrogen and oxygen atoms in total. The van der Waals surface area contributed by atoms with Crippen LogP contribution in [0.15, 0.2) is 36.1 Å². The molecule has 0 amide bonds. The molecule has 2 unspecified atom stereocenters. The van der Waals surface area contributed by atoms with Gasteiger partial charge in [-0.2, -0.15) is 0 Å². The normalized spacial score (nSPS) is 22.9. The minimum atomic E-state index is -0.160. The Bertz CT molecular complexity index is 526. The minimum Gasteiger partial charge on any atom is -0.507 e. The lowest BCUT2D eigenvalue weighted by atomic mass is 9.75. The zero-order valence-electron chi connectivity index (χ0n) is 11.1. The predicted molar refractivity (Wildman–Crippen MR) is 76.7 cm³/mol. The van der Waals surface area contributed by atoms with E-state index in [1.807, 2.05) is 13.0 Å². The highest BCUT2D eigenvalue weighted by atomic mass is 16.3. The summed E-state index contributed by atoms with van der Waals surface area (Å²) in [5.41, 5.74) is 14.1. The average molecular weight is 260 g/mol. The summed E-state index contributed by atoms with van der Waals surface area (Å²) in [6.07, 6.45) is 3.86. The Labute approximate surface area is 113 Å². The van der Waals surface area contributed by atoms with Crippen molar-refractivity contribution in [1.29, 1.82) is 0 Å². The number of phenols is 2. The van der Waals surface area contributed by atoms with Gasteiger partial charge in [-0.15, -0.1) is 0 Å². The first kappa shape index (κ1) is 13.3. The van der Waals surface area contributed by atoms with E-state index in [0.29, 0.717) is 16.9 Å². The number of nitrogen functional groups attached to an aromatic ring is 1. The number of allylic oxidation sites excluding steroid dienone is 3. The van der Waals surface area contributed by atoms with Crippen LogP contribution in [0.5, 0.6) is 11.5 Å². The molecule has 0 heterocycles. The van der Waals surface area contributed by atoms with E-state index >= 15 is 0 Å². The Balaban J connectivity index is 2.54. The van der Waals surface area contributed by atoms with Crippen molar-refractivity contribution in [3.8, 4) is 11.5 Å². The monoisotopic (exact) mass is 260 g/mol. The first-order valence-corrected chi connectivity index (χ1v) is 6.33. The van der Waals surface area contributed by atoms with Crippen LogP contribution in [-0.2, 0) is 0 Å². The molecule has 0 saturated heterocycles. The SMILES string of the molecule is C=C(N)C1CCC(C)=CC1c1c(O)cc(N)cc1O. The molecular weight excluding hydrogens is 240 g/mol. The van der Waals surface area contributed by atoms with Crippen LogP contribution in [0.3, 0.4) is 0 Å². The lowest BCUT2D eigenvalue weighted by Gasteiger charge is -2.31. The van der Waals surface area contributed by atoms with Crippen molar-refractivity contribution in [3.63, 3.8) is 0 Å². The maximum absolute atomic E-state index is 10.1. The standard InChI is InChI=1S/C15H20N2O2/c1-8-3-4-11(9(2)16)12(5-8)15-13(18)6-10(17)7-14(15)19/h5-7,11-12,18-19H,2-4,16-17H2,1H3. The molecule has 102 valence electrons. The molecule has 0 aliphatic heterocycles. The lowest BCUT2D eigenvalue weighted by Crippen LogP contribution is -2.21. The lowest BCUT2D eigenvalue weighted by molar-refractivity contribution is 0.406. The summed E-state index contributed by atoms with van der Waals surface area (Å²) in [5.74, 6) is -0.143. The number of aromatic hydroxyl groups is 2. The number of rotatable bonds is 2. The van der Waals surface area contributed by atoms with E-state index in [1.54, 1.807) is 0 Å². The van der Waals surface area contributed by atoms with Gasteiger partial charge in [0.15, 0.2) is 0 Å². The van der Waals surface area contributed by atoms with E-state index in [0.717, 1.165) is 12.8 Å². The Morgan fingerprint density at radius 1 is 1.32 bits per heavy atom. The second-order valence-corrected chi connectivity index (χ2v) is 5.23. The molecule has 1 aliphatic carbocycles. The topological polar surface area (TPSA) is 92.5 Å². The van der Waals surface area contributed by atoms with E-state index in [9.17, 15) is 10.2 Å². The maximum Gasteiger partial charge on any atom is 0.125 e. The van der Waals surface area contributed by atoms with Crippen molar-refractivity contribution in [3.05, 3.63) is 41.6 Å². The number of nitrogens with two attached hydrogens (primary N) is 2. The molecular formula is C15H20N2O2. The molecule has 4 heteroatoms. The van der Waals surface area contributed by atoms with Gasteiger partial charge in [-0.05, 0) is 19.8 Å². The van der Waals surface area contributed by atoms with Gasteiger partial charge in [0, 0.05) is 40.9 Å². The summed E-state index contributed by atoms with van der Waals surface area (Å²) >= 11 is 0. The van der Waals surface area contributed by atoms with Crippen LogP contribution in [0.4, 0.5) is 5.69 Å². The van der Waals surface area contributed by atoms with Crippen molar-refractivity contribution < 1.29 is 10.2 Å². The predicted octanol–water partition coefficient (Wildman–Crippen LogP) is 2.59. The Hall–Kier alpha value is -2.10. The molecule has 0 saturated carbocycles. The number of anilines is 1. The van der Waals surface area contributed by atoms with Crippen LogP contribution in [0.2, 0.25) is 0 Å². The summed E-state index contributed by atoms with van der Waals surface area (Å²) < 4.78 is 0. The summed E-state index contributed by atoms with van der Waals surface area (Å²) in [4.78, 5) is 0. The summed E-state index contributed by atoms with van der Waals surface area (Å²) in [6.45, 7) is 5.85. The summed E-state index contributed by atoms with van der Waals surface area (Å²) in [6, 6.07) is 2.90. The third kappa shape index (κ3) is 2.52. The minimum absolute atomic E-state index is 0.000278. The van der Waals surface area contributed by atoms with Crippen molar-refractivity contribution in [1.82, 2.24) is 0 Å². The van der Waals surface area contributed by atoms with Gasteiger partial charge in [-0.1, -0.05) is 18.2 Å². The largest absolute Gasteiger partial charge is 0.507 e. The van der Waals surface area contributed by atoms with E-state index in [4.69, 9.17) is 11.5 Å². The number of benzene rings is 1. The zero-order valence-corrected chi connectivity index (χ0v) is 11.1. The van der Waals surface area contributed by atoms with E-state index in [2.05, 4.69) is 6.58 Å². The molecule has 2 rings (SSSR count). The molecule has 0 spiro atoms. The van der Waals surface area contributed by atoms with Gasteiger partial charge in [0.05, 0.1) is 0 Å². The van der Waals surface area contributed by atoms with Crippen molar-refractivity contribution in [2.75, 3.05) is 5.73 Å². The second-order valence-electron chi connectivity index (χ2n) is 5.23. The highest BCUT2D eigenvalue weighted by Crippen LogP contribution is 2.45. The van der Waals surface area contributed by atoms with Crippen LogP contribution in [0, 0.1) is 5.92 Å². The number of phenolic OH excluding ortho intramolecular Hbond substituents is 2. The zero-order chi connectivity index (χ0) is 14.2. The summed E-state index contributed by atoms with van der Waals surface area (Å²) in [7, 11) is 0. The molecule has 19 heavy (non-hydrogen) atoms. The van der Waals surface area contributed by atoms with Gasteiger partial charge in [0.25, 0.3) is 0 Å². The fourth-order valence-electron chi connectivity index (χ4n) is 2.75. The van der Waals surface area contributed by atoms with Crippen LogP contribution in [0.1, 0.15) is 31.2 Å². The highest BCUT2D eigenvalue weighted by Gasteiger charge is 2.30. The third-order valence-electron chi connectivity index (χ3n) is 3.72. The molecule has 2 atom stereocenters. The first-order valence-electron chi connectivity index (χ1n) is 6.33. The molecule has 0 fully saturated rings. The van der Waals surface area contributed by atoms with Crippen LogP contribution in [-0.4, -0.2) is 10.2 Å². The summed E-state index contributed by atoms with van der Waals surface area (Å²) in [5, 5.41) is 20.1. The molecule has 6 N–H and O–H groups in total. The molecule has 0 bridgehead atoms. The van der Waals surface area contributed by atoms with Crippen molar-refractivity contribution in [2.45, 2.75) is 25.7 Å². The van der Waals surface area contributed by atoms with Gasteiger partial charge in [-0.3, -0.25) is 0 Å². The van der Waals surface area contributed by atoms with Crippen LogP contribution >= 0.6 is 0 Å². The Morgan fingerprint density at radius 2 is 1.89 bits per heavy atom. The van der Waals surface area contributed by atoms with E-state index in [-0.39, 0.29) is 23.3 Å². The molecule has 0 radical (unpaired) electrons. The third-order valence-corrected chi connectivity index (χ3v) is 3.72. The van der Waals surface area contributed by atoms with Gasteiger partial charge >= 0.3 is 0 Å². The van der Waals surface area contributed by atoms with Gasteiger partial charge in [0.1, 0.15) is 11.5 Å². The Morgan fingerprint density at radius 3 is 2.42 bits per heavy atom. The molecule has 1 aromatic carbocycles. The van der Waals surface area contributed by atoms with Gasteiger partial charge in [0.2, 0.25) is 0 Å². The van der Waals surface area contributed by atoms with E-state index in [1.165, 1.54) is 17.7 Å². The second kappa shape index (κ2) is 4.88. The fraction of sp³-hybridized carbons (Fsp3) is 0.333. The quantitative estimate of drug-likeness (QED) is 0.486. The Kier molecular flexibility index (Phi) is 3.42. The van der Waals surface area contributed by atoms with Crippen LogP contribution < -0.4 is 11.5 Å². The van der Waals surface area contributed by atoms with E-state index < -0.39 is 0 Å². The van der Waals surface area contributed by atoms with Crippen LogP contribution in [0.25, 0.3) is 0 Å². The van der Waals surface area contributed by atoms with Crippen molar-refractivity contribution in [2.24, 2.45) is 11.7 Å². The molecule has 0 aromatic heterocycles. The molecule has 1 aliphatic rings. The first-order chi connectivity index (χ1) is 8.90. The molecule has 1 aromatic rings. The van der Waals surface area contributed by atoms with Crippen molar-refractivity contribution >= 4 is 5.69 Å². The maximum atomic E-state index is 10.1.